The third-order valence-corrected chi connectivity index (χ3v) is 7.51. The second-order valence-electron chi connectivity index (χ2n) is 11.3. The van der Waals surface area contributed by atoms with Crippen LogP contribution in [0.5, 0.6) is 11.5 Å². The van der Waals surface area contributed by atoms with Crippen LogP contribution in [-0.2, 0) is 22.5 Å². The van der Waals surface area contributed by atoms with Gasteiger partial charge in [0.25, 0.3) is 0 Å². The molecule has 39 heavy (non-hydrogen) atoms. The Hall–Kier alpha value is -2.57. The summed E-state index contributed by atoms with van der Waals surface area (Å²) >= 11 is 0. The lowest BCUT2D eigenvalue weighted by Gasteiger charge is -2.25. The first-order chi connectivity index (χ1) is 18.7. The number of benzene rings is 2. The molecule has 0 bridgehead atoms. The van der Waals surface area contributed by atoms with Crippen molar-refractivity contribution in [1.29, 1.82) is 0 Å². The molecule has 2 unspecified atom stereocenters. The van der Waals surface area contributed by atoms with Gasteiger partial charge in [-0.1, -0.05) is 70.5 Å². The minimum Gasteiger partial charge on any atom is -0.493 e. The summed E-state index contributed by atoms with van der Waals surface area (Å²) in [6.45, 7) is 10.4. The van der Waals surface area contributed by atoms with Crippen LogP contribution in [0, 0.1) is 23.7 Å². The predicted octanol–water partition coefficient (Wildman–Crippen LogP) is 6.44. The molecule has 6 nitrogen and oxygen atoms in total. The van der Waals surface area contributed by atoms with E-state index >= 15 is 0 Å². The van der Waals surface area contributed by atoms with E-state index < -0.39 is 6.10 Å². The number of methoxy groups -OCH3 is 2. The topological polar surface area (TPSA) is 77.0 Å². The Labute approximate surface area is 236 Å². The van der Waals surface area contributed by atoms with Crippen LogP contribution < -0.4 is 14.8 Å². The van der Waals surface area contributed by atoms with Gasteiger partial charge in [-0.3, -0.25) is 4.79 Å². The summed E-state index contributed by atoms with van der Waals surface area (Å²) in [7, 11) is 3.36. The Morgan fingerprint density at radius 2 is 1.62 bits per heavy atom. The lowest BCUT2D eigenvalue weighted by atomic mass is 9.83. The molecule has 0 saturated carbocycles. The molecule has 6 heteroatoms. The smallest absolute Gasteiger partial charge is 0.223 e. The maximum atomic E-state index is 12.9. The molecule has 0 aliphatic heterocycles. The molecule has 0 fully saturated rings. The van der Waals surface area contributed by atoms with Gasteiger partial charge in [-0.05, 0) is 66.7 Å². The van der Waals surface area contributed by atoms with Crippen LogP contribution in [0.1, 0.15) is 70.9 Å². The van der Waals surface area contributed by atoms with E-state index in [1.807, 2.05) is 36.4 Å². The molecular weight excluding hydrogens is 490 g/mol. The molecule has 0 aliphatic rings. The van der Waals surface area contributed by atoms with Crippen LogP contribution >= 0.6 is 0 Å². The lowest BCUT2D eigenvalue weighted by molar-refractivity contribution is -0.127. The first-order valence-corrected chi connectivity index (χ1v) is 14.5. The maximum absolute atomic E-state index is 12.9. The van der Waals surface area contributed by atoms with Crippen LogP contribution in [0.3, 0.4) is 0 Å². The number of carbonyl (C=O) groups excluding carboxylic acids is 1. The maximum Gasteiger partial charge on any atom is 0.223 e. The van der Waals surface area contributed by atoms with Crippen LogP contribution in [0.2, 0.25) is 0 Å². The lowest BCUT2D eigenvalue weighted by Crippen LogP contribution is -2.35. The first-order valence-electron chi connectivity index (χ1n) is 14.5. The second kappa shape index (κ2) is 17.9. The van der Waals surface area contributed by atoms with Crippen molar-refractivity contribution in [3.63, 3.8) is 0 Å². The second-order valence-corrected chi connectivity index (χ2v) is 11.3. The number of aliphatic hydroxyl groups excluding tert-OH is 1. The van der Waals surface area contributed by atoms with Gasteiger partial charge < -0.3 is 24.6 Å². The number of ether oxygens (including phenoxy) is 3. The first kappa shape index (κ1) is 32.6. The average molecular weight is 542 g/mol. The standard InChI is InChI=1S/C33H51NO5/c1-24(2)28(20-27-16-17-31(38-6)32(21-27)39-19-11-18-37-5)14-10-15-29(35)22-30(25(3)4)33(36)34-23-26-12-8-7-9-13-26/h7-9,12-13,16-17,21,24-25,28-30,35H,10-11,14-15,18-20,22-23H2,1-6H3,(H,34,36)/t28?,29-,30?/m1/s1. The molecule has 1 amide bonds. The molecule has 0 aromatic heterocycles. The summed E-state index contributed by atoms with van der Waals surface area (Å²) in [5.74, 6) is 2.51. The third-order valence-electron chi connectivity index (χ3n) is 7.51. The van der Waals surface area contributed by atoms with Crippen molar-refractivity contribution < 1.29 is 24.1 Å². The monoisotopic (exact) mass is 541 g/mol. The van der Waals surface area contributed by atoms with Crippen LogP contribution in [0.4, 0.5) is 0 Å². The highest BCUT2D eigenvalue weighted by Gasteiger charge is 2.25. The third kappa shape index (κ3) is 12.0. The van der Waals surface area contributed by atoms with Crippen molar-refractivity contribution >= 4 is 5.91 Å². The summed E-state index contributed by atoms with van der Waals surface area (Å²) in [6, 6.07) is 16.1. The summed E-state index contributed by atoms with van der Waals surface area (Å²) in [5, 5.41) is 13.9. The Kier molecular flexibility index (Phi) is 15.0. The Bertz CT molecular complexity index is 946. The number of amides is 1. The summed E-state index contributed by atoms with van der Waals surface area (Å²) < 4.78 is 16.6. The van der Waals surface area contributed by atoms with E-state index in [0.717, 1.165) is 42.7 Å². The van der Waals surface area contributed by atoms with Crippen molar-refractivity contribution in [2.75, 3.05) is 27.4 Å². The fraction of sp³-hybridized carbons (Fsp3) is 0.606. The van der Waals surface area contributed by atoms with E-state index in [9.17, 15) is 9.90 Å². The van der Waals surface area contributed by atoms with Crippen molar-refractivity contribution in [2.24, 2.45) is 23.7 Å². The minimum absolute atomic E-state index is 0.0210. The molecule has 218 valence electrons. The van der Waals surface area contributed by atoms with Gasteiger partial charge in [0.15, 0.2) is 11.5 Å². The Morgan fingerprint density at radius 3 is 2.26 bits per heavy atom. The molecule has 2 N–H and O–H groups in total. The van der Waals surface area contributed by atoms with Gasteiger partial charge in [-0.2, -0.15) is 0 Å². The van der Waals surface area contributed by atoms with E-state index in [0.29, 0.717) is 44.4 Å². The van der Waals surface area contributed by atoms with Crippen LogP contribution in [0.25, 0.3) is 0 Å². The van der Waals surface area contributed by atoms with Crippen molar-refractivity contribution in [3.05, 3.63) is 59.7 Å². The van der Waals surface area contributed by atoms with Crippen LogP contribution in [-0.4, -0.2) is 44.6 Å². The van der Waals surface area contributed by atoms with Crippen molar-refractivity contribution in [1.82, 2.24) is 5.32 Å². The van der Waals surface area contributed by atoms with E-state index in [1.165, 1.54) is 5.56 Å². The van der Waals surface area contributed by atoms with Gasteiger partial charge in [-0.25, -0.2) is 0 Å². The largest absolute Gasteiger partial charge is 0.493 e. The predicted molar refractivity (Wildman–Crippen MR) is 158 cm³/mol. The number of hydrogen-bond acceptors (Lipinski definition) is 5. The quantitative estimate of drug-likeness (QED) is 0.200. The van der Waals surface area contributed by atoms with Gasteiger partial charge >= 0.3 is 0 Å². The SMILES string of the molecule is COCCCOc1cc(CC(CCC[C@@H](O)CC(C(=O)NCc2ccccc2)C(C)C)C(C)C)ccc1OC. The number of carbonyl (C=O) groups is 1. The van der Waals surface area contributed by atoms with Gasteiger partial charge in [-0.15, -0.1) is 0 Å². The van der Waals surface area contributed by atoms with E-state index in [2.05, 4.69) is 45.1 Å². The summed E-state index contributed by atoms with van der Waals surface area (Å²) in [6.07, 6.45) is 4.44. The van der Waals surface area contributed by atoms with Gasteiger partial charge in [0.1, 0.15) is 0 Å². The molecule has 0 aliphatic carbocycles. The number of rotatable bonds is 19. The van der Waals surface area contributed by atoms with Gasteiger partial charge in [0.2, 0.25) is 5.91 Å². The van der Waals surface area contributed by atoms with Crippen LogP contribution in [0.15, 0.2) is 48.5 Å². The number of nitrogens with one attached hydrogen (secondary N) is 1. The highest BCUT2D eigenvalue weighted by atomic mass is 16.5. The van der Waals surface area contributed by atoms with Gasteiger partial charge in [0.05, 0.1) is 19.8 Å². The average Bonchev–Trinajstić information content (AvgIpc) is 2.92. The molecule has 0 radical (unpaired) electrons. The van der Waals surface area contributed by atoms with E-state index in [-0.39, 0.29) is 17.7 Å². The minimum atomic E-state index is -0.485. The number of hydrogen-bond donors (Lipinski definition) is 2. The number of aliphatic hydroxyl groups is 1. The van der Waals surface area contributed by atoms with Gasteiger partial charge in [0, 0.05) is 32.6 Å². The zero-order chi connectivity index (χ0) is 28.6. The van der Waals surface area contributed by atoms with E-state index in [1.54, 1.807) is 14.2 Å². The fourth-order valence-corrected chi connectivity index (χ4v) is 4.94. The zero-order valence-corrected chi connectivity index (χ0v) is 24.9. The summed E-state index contributed by atoms with van der Waals surface area (Å²) in [4.78, 5) is 12.9. The molecular formula is C33H51NO5. The molecule has 2 aromatic carbocycles. The molecule has 0 heterocycles. The highest BCUT2D eigenvalue weighted by molar-refractivity contribution is 5.78. The molecule has 3 atom stereocenters. The Morgan fingerprint density at radius 1 is 0.872 bits per heavy atom. The fourth-order valence-electron chi connectivity index (χ4n) is 4.94. The van der Waals surface area contributed by atoms with Crippen molar-refractivity contribution in [2.45, 2.75) is 78.9 Å². The molecule has 2 aromatic rings. The zero-order valence-electron chi connectivity index (χ0n) is 24.9. The molecule has 0 spiro atoms. The highest BCUT2D eigenvalue weighted by Crippen LogP contribution is 2.31. The molecule has 0 saturated heterocycles. The van der Waals surface area contributed by atoms with Crippen molar-refractivity contribution in [3.8, 4) is 11.5 Å². The Balaban J connectivity index is 1.87. The summed E-state index contributed by atoms with van der Waals surface area (Å²) in [5.41, 5.74) is 2.31. The normalized spacial score (nSPS) is 13.8. The van der Waals surface area contributed by atoms with E-state index in [4.69, 9.17) is 14.2 Å². The molecule has 2 rings (SSSR count).